The van der Waals surface area contributed by atoms with Crippen LogP contribution in [0.2, 0.25) is 15.1 Å². The fraction of sp³-hybridized carbons (Fsp3) is 0.440. The van der Waals surface area contributed by atoms with Crippen LogP contribution in [0.5, 0.6) is 0 Å². The summed E-state index contributed by atoms with van der Waals surface area (Å²) in [7, 11) is 0. The van der Waals surface area contributed by atoms with E-state index < -0.39 is 0 Å². The standard InChI is InChI=1S/2C11H16.C10H13Cl.2C9H12ClN/c1-9-5-7-10(8-6-9)11(2,3)4;1-9-6-5-7-10(8-9)11(2,3)4;1-10(2,3)8-6-4-5-7-9(8)11;1-9(2,3)7-6-11-5-4-8(7)10;1-9(2,3)7-4-5-11-6-8(7)10/h2*5-8H,1-4H3;4-7H,1-3H3;2*4-6H,1-3H3. The third-order valence-corrected chi connectivity index (χ3v) is 9.60. The molecule has 0 amide bonds. The maximum atomic E-state index is 6.01. The van der Waals surface area contributed by atoms with Crippen LogP contribution >= 0.6 is 34.8 Å². The zero-order valence-corrected chi connectivity index (χ0v) is 39.2. The van der Waals surface area contributed by atoms with Crippen LogP contribution in [-0.4, -0.2) is 9.97 Å². The van der Waals surface area contributed by atoms with Crippen molar-refractivity contribution in [3.8, 4) is 0 Å². The molecule has 2 nitrogen and oxygen atoms in total. The number of aryl methyl sites for hydroxylation is 2. The first-order valence-electron chi connectivity index (χ1n) is 19.1. The molecule has 3 aromatic carbocycles. The van der Waals surface area contributed by atoms with E-state index in [9.17, 15) is 0 Å². The van der Waals surface area contributed by atoms with E-state index in [1.54, 1.807) is 18.6 Å². The smallest absolute Gasteiger partial charge is 0.0626 e. The average Bonchev–Trinajstić information content (AvgIpc) is 3.04. The van der Waals surface area contributed by atoms with Crippen molar-refractivity contribution >= 4 is 34.8 Å². The van der Waals surface area contributed by atoms with Crippen molar-refractivity contribution in [2.45, 2.75) is 145 Å². The summed E-state index contributed by atoms with van der Waals surface area (Å²) in [5.74, 6) is 0. The van der Waals surface area contributed by atoms with Gasteiger partial charge in [-0.25, -0.2) is 0 Å². The minimum absolute atomic E-state index is 0.0886. The molecule has 0 spiro atoms. The number of rotatable bonds is 0. The lowest BCUT2D eigenvalue weighted by Crippen LogP contribution is -2.11. The normalized spacial score (nSPS) is 11.6. The lowest BCUT2D eigenvalue weighted by Gasteiger charge is -2.19. The third-order valence-electron chi connectivity index (χ3n) is 8.64. The molecule has 0 aliphatic rings. The van der Waals surface area contributed by atoms with Crippen LogP contribution in [0.15, 0.2) is 110 Å². The molecule has 0 aliphatic carbocycles. The molecule has 0 atom stereocenters. The number of benzene rings is 3. The zero-order chi connectivity index (χ0) is 42.4. The molecule has 55 heavy (non-hydrogen) atoms. The Morgan fingerprint density at radius 1 is 0.364 bits per heavy atom. The van der Waals surface area contributed by atoms with Crippen LogP contribution in [0.1, 0.15) is 143 Å². The molecule has 0 N–H and O–H groups in total. The van der Waals surface area contributed by atoms with Crippen LogP contribution < -0.4 is 0 Å². The predicted molar refractivity (Wildman–Crippen MR) is 246 cm³/mol. The molecule has 0 saturated heterocycles. The van der Waals surface area contributed by atoms with Crippen molar-refractivity contribution in [2.24, 2.45) is 0 Å². The highest BCUT2D eigenvalue weighted by atomic mass is 35.5. The van der Waals surface area contributed by atoms with Gasteiger partial charge in [0.25, 0.3) is 0 Å². The number of pyridine rings is 2. The van der Waals surface area contributed by atoms with E-state index in [0.717, 1.165) is 26.2 Å². The molecule has 5 heteroatoms. The van der Waals surface area contributed by atoms with Gasteiger partial charge in [-0.15, -0.1) is 0 Å². The van der Waals surface area contributed by atoms with E-state index in [-0.39, 0.29) is 27.1 Å². The summed E-state index contributed by atoms with van der Waals surface area (Å²) in [5, 5.41) is 2.41. The summed E-state index contributed by atoms with van der Waals surface area (Å²) in [6.45, 7) is 36.9. The molecule has 2 heterocycles. The SMILES string of the molecule is CC(C)(C)c1ccccc1Cl.CC(C)(C)c1ccncc1Cl.CC(C)(C)c1cnccc1Cl.Cc1ccc(C(C)(C)C)cc1.Cc1cccc(C(C)(C)C)c1. The van der Waals surface area contributed by atoms with Crippen LogP contribution in [-0.2, 0) is 27.1 Å². The Morgan fingerprint density at radius 3 is 1.18 bits per heavy atom. The first kappa shape index (κ1) is 49.8. The molecule has 0 fully saturated rings. The Kier molecular flexibility index (Phi) is 19.4. The van der Waals surface area contributed by atoms with Crippen molar-refractivity contribution in [3.05, 3.63) is 164 Å². The van der Waals surface area contributed by atoms with Gasteiger partial charge in [0.15, 0.2) is 0 Å². The van der Waals surface area contributed by atoms with Gasteiger partial charge in [0, 0.05) is 34.8 Å². The minimum Gasteiger partial charge on any atom is -0.264 e. The lowest BCUT2D eigenvalue weighted by molar-refractivity contribution is 0.587. The van der Waals surface area contributed by atoms with Gasteiger partial charge >= 0.3 is 0 Å². The van der Waals surface area contributed by atoms with E-state index in [1.807, 2.05) is 36.5 Å². The van der Waals surface area contributed by atoms with Gasteiger partial charge in [0.1, 0.15) is 0 Å². The highest BCUT2D eigenvalue weighted by molar-refractivity contribution is 6.32. The average molecular weight is 804 g/mol. The highest BCUT2D eigenvalue weighted by Gasteiger charge is 2.18. The number of hydrogen-bond donors (Lipinski definition) is 0. The second kappa shape index (κ2) is 21.4. The van der Waals surface area contributed by atoms with Crippen molar-refractivity contribution in [1.29, 1.82) is 0 Å². The first-order chi connectivity index (χ1) is 25.0. The Morgan fingerprint density at radius 2 is 0.818 bits per heavy atom. The molecule has 0 bridgehead atoms. The van der Waals surface area contributed by atoms with Gasteiger partial charge in [-0.05, 0) is 86.9 Å². The number of hydrogen-bond acceptors (Lipinski definition) is 2. The van der Waals surface area contributed by atoms with Crippen LogP contribution in [0.4, 0.5) is 0 Å². The summed E-state index contributed by atoms with van der Waals surface area (Å²) in [4.78, 5) is 7.95. The Bertz CT molecular complexity index is 1730. The van der Waals surface area contributed by atoms with Gasteiger partial charge in [-0.2, -0.15) is 0 Å². The largest absolute Gasteiger partial charge is 0.264 e. The van der Waals surface area contributed by atoms with Crippen molar-refractivity contribution in [1.82, 2.24) is 9.97 Å². The number of halogens is 3. The Labute approximate surface area is 351 Å². The molecule has 5 rings (SSSR count). The number of aromatic nitrogens is 2. The van der Waals surface area contributed by atoms with Gasteiger partial charge < -0.3 is 0 Å². The molecule has 300 valence electrons. The quantitative estimate of drug-likeness (QED) is 0.156. The van der Waals surface area contributed by atoms with Crippen LogP contribution in [0.25, 0.3) is 0 Å². The van der Waals surface area contributed by atoms with Crippen molar-refractivity contribution < 1.29 is 0 Å². The monoisotopic (exact) mass is 802 g/mol. The minimum atomic E-state index is 0.0886. The zero-order valence-electron chi connectivity index (χ0n) is 36.9. The van der Waals surface area contributed by atoms with E-state index >= 15 is 0 Å². The van der Waals surface area contributed by atoms with Crippen molar-refractivity contribution in [2.75, 3.05) is 0 Å². The Hall–Kier alpha value is -3.17. The van der Waals surface area contributed by atoms with E-state index in [4.69, 9.17) is 34.8 Å². The number of nitrogens with zero attached hydrogens (tertiary/aromatic N) is 2. The summed E-state index contributed by atoms with van der Waals surface area (Å²) in [6, 6.07) is 29.2. The molecule has 0 saturated carbocycles. The highest BCUT2D eigenvalue weighted by Crippen LogP contribution is 2.30. The van der Waals surface area contributed by atoms with Gasteiger partial charge in [-0.3, -0.25) is 9.97 Å². The van der Waals surface area contributed by atoms with Crippen LogP contribution in [0, 0.1) is 13.8 Å². The summed E-state index contributed by atoms with van der Waals surface area (Å²) < 4.78 is 0. The van der Waals surface area contributed by atoms with Crippen LogP contribution in [0.3, 0.4) is 0 Å². The van der Waals surface area contributed by atoms with Crippen molar-refractivity contribution in [3.63, 3.8) is 0 Å². The maximum Gasteiger partial charge on any atom is 0.0626 e. The van der Waals surface area contributed by atoms with Gasteiger partial charge in [0.2, 0.25) is 0 Å². The molecular weight excluding hydrogens is 735 g/mol. The fourth-order valence-electron chi connectivity index (χ4n) is 5.15. The molecule has 0 aliphatic heterocycles. The topological polar surface area (TPSA) is 25.8 Å². The Balaban J connectivity index is 0.000000344. The summed E-state index contributed by atoms with van der Waals surface area (Å²) in [6.07, 6.45) is 6.98. The summed E-state index contributed by atoms with van der Waals surface area (Å²) >= 11 is 17.9. The molecule has 5 aromatic rings. The van der Waals surface area contributed by atoms with E-state index in [2.05, 4.69) is 182 Å². The van der Waals surface area contributed by atoms with Gasteiger partial charge in [0.05, 0.1) is 5.02 Å². The second-order valence-electron chi connectivity index (χ2n) is 19.2. The van der Waals surface area contributed by atoms with Gasteiger partial charge in [-0.1, -0.05) is 217 Å². The second-order valence-corrected chi connectivity index (χ2v) is 20.4. The van der Waals surface area contributed by atoms with E-state index in [1.165, 1.54) is 27.8 Å². The predicted octanol–water partition coefficient (Wildman–Crippen LogP) is 16.3. The van der Waals surface area contributed by atoms with E-state index in [0.29, 0.717) is 0 Å². The molecular formula is C50H69Cl3N2. The third kappa shape index (κ3) is 19.0. The molecule has 2 aromatic heterocycles. The molecule has 0 radical (unpaired) electrons. The first-order valence-corrected chi connectivity index (χ1v) is 20.3. The molecule has 0 unspecified atom stereocenters. The lowest BCUT2D eigenvalue weighted by atomic mass is 9.86. The maximum absolute atomic E-state index is 6.01. The fourth-order valence-corrected chi connectivity index (χ4v) is 6.36. The summed E-state index contributed by atoms with van der Waals surface area (Å²) in [5.41, 5.74) is 9.87.